The van der Waals surface area contributed by atoms with Gasteiger partial charge in [-0.2, -0.15) is 0 Å². The van der Waals surface area contributed by atoms with Gasteiger partial charge in [0.15, 0.2) is 0 Å². The minimum absolute atomic E-state index is 0.598. The molecule has 0 amide bonds. The van der Waals surface area contributed by atoms with Crippen molar-refractivity contribution in [2.24, 2.45) is 0 Å². The zero-order valence-electron chi connectivity index (χ0n) is 9.75. The Morgan fingerprint density at radius 2 is 1.87 bits per heavy atom. The molecule has 0 aromatic heterocycles. The second kappa shape index (κ2) is 4.06. The Balaban J connectivity index is 2.55. The predicted molar refractivity (Wildman–Crippen MR) is 66.5 cm³/mol. The van der Waals surface area contributed by atoms with Gasteiger partial charge >= 0.3 is 0 Å². The molecule has 2 aliphatic rings. The van der Waals surface area contributed by atoms with E-state index in [0.29, 0.717) is 5.92 Å². The van der Waals surface area contributed by atoms with Crippen LogP contribution in [0.4, 0.5) is 0 Å². The van der Waals surface area contributed by atoms with Crippen molar-refractivity contribution in [1.82, 2.24) is 0 Å². The van der Waals surface area contributed by atoms with Gasteiger partial charge in [-0.25, -0.2) is 0 Å². The summed E-state index contributed by atoms with van der Waals surface area (Å²) in [6.45, 7) is 6.70. The molecule has 78 valence electrons. The molecule has 0 heteroatoms. The van der Waals surface area contributed by atoms with Gasteiger partial charge < -0.3 is 0 Å². The molecule has 2 rings (SSSR count). The summed E-state index contributed by atoms with van der Waals surface area (Å²) in [6, 6.07) is 13.4. The minimum Gasteiger partial charge on any atom is -0.0614 e. The molecule has 0 fully saturated rings. The Bertz CT molecular complexity index is 426. The monoisotopic (exact) mass is 200 g/mol. The Hall–Kier alpha value is -1.30. The minimum atomic E-state index is 0.598. The van der Waals surface area contributed by atoms with Crippen LogP contribution in [0, 0.1) is 0 Å². The number of aryl methyl sites for hydroxylation is 1. The summed E-state index contributed by atoms with van der Waals surface area (Å²) in [7, 11) is 0. The highest BCUT2D eigenvalue weighted by atomic mass is 14.8. The average molecular weight is 200 g/mol. The highest BCUT2D eigenvalue weighted by molar-refractivity contribution is 5.71. The van der Waals surface area contributed by atoms with E-state index in [0.717, 1.165) is 6.42 Å². The van der Waals surface area contributed by atoms with Gasteiger partial charge in [0.1, 0.15) is 0 Å². The lowest BCUT2D eigenvalue weighted by Gasteiger charge is -2.02. The molecule has 0 heterocycles. The number of rotatable bonds is 2. The maximum atomic E-state index is 2.32. The third-order valence-electron chi connectivity index (χ3n) is 3.04. The predicted octanol–water partition coefficient (Wildman–Crippen LogP) is 4.48. The van der Waals surface area contributed by atoms with Crippen LogP contribution in [0.25, 0.3) is 11.1 Å². The van der Waals surface area contributed by atoms with Gasteiger partial charge in [-0.3, -0.25) is 0 Å². The van der Waals surface area contributed by atoms with Crippen molar-refractivity contribution in [3.05, 3.63) is 47.5 Å². The molecule has 0 bridgehead atoms. The smallest absolute Gasteiger partial charge is 0.0152 e. The molecule has 0 saturated heterocycles. The quantitative estimate of drug-likeness (QED) is 0.670. The lowest BCUT2D eigenvalue weighted by Crippen LogP contribution is -1.83. The second-order valence-corrected chi connectivity index (χ2v) is 4.41. The highest BCUT2D eigenvalue weighted by Gasteiger charge is 2.07. The van der Waals surface area contributed by atoms with Crippen molar-refractivity contribution in [3.8, 4) is 11.1 Å². The molecule has 0 nitrogen and oxygen atoms in total. The standard InChI is InChI=1S/C15H18/c1-4-12-8-9-14-10-13(11(2)3)6-5-7-15(12)14/h5-11H,4H2,1-3H3/i4+2. The van der Waals surface area contributed by atoms with Crippen LogP contribution in [-0.4, -0.2) is 0 Å². The Morgan fingerprint density at radius 3 is 2.53 bits per heavy atom. The fourth-order valence-electron chi connectivity index (χ4n) is 2.03. The SMILES string of the molecule is C[14CH2]c1ccc2cc(C(C)C)cccc1-2. The van der Waals surface area contributed by atoms with Gasteiger partial charge in [0.05, 0.1) is 0 Å². The summed E-state index contributed by atoms with van der Waals surface area (Å²) < 4.78 is 0. The molecule has 0 aromatic rings. The summed E-state index contributed by atoms with van der Waals surface area (Å²) in [5.74, 6) is 0.598. The summed E-state index contributed by atoms with van der Waals surface area (Å²) in [5.41, 5.74) is 5.65. The van der Waals surface area contributed by atoms with E-state index >= 15 is 0 Å². The molecule has 0 atom stereocenters. The van der Waals surface area contributed by atoms with E-state index in [1.54, 1.807) is 0 Å². The van der Waals surface area contributed by atoms with E-state index in [-0.39, 0.29) is 0 Å². The van der Waals surface area contributed by atoms with Crippen LogP contribution in [0.2, 0.25) is 0 Å². The van der Waals surface area contributed by atoms with Crippen LogP contribution in [0.3, 0.4) is 0 Å². The lowest BCUT2D eigenvalue weighted by atomic mass is 10.0. The third kappa shape index (κ3) is 1.90. The Labute approximate surface area is 92.3 Å². The van der Waals surface area contributed by atoms with E-state index in [9.17, 15) is 0 Å². The van der Waals surface area contributed by atoms with Crippen molar-refractivity contribution in [3.63, 3.8) is 0 Å². The first-order valence-electron chi connectivity index (χ1n) is 5.74. The zero-order chi connectivity index (χ0) is 10.8. The fourth-order valence-corrected chi connectivity index (χ4v) is 2.03. The van der Waals surface area contributed by atoms with Crippen LogP contribution < -0.4 is 0 Å². The maximum absolute atomic E-state index is 2.32. The van der Waals surface area contributed by atoms with Crippen molar-refractivity contribution >= 4 is 0 Å². The molecule has 0 N–H and O–H groups in total. The van der Waals surface area contributed by atoms with Crippen molar-refractivity contribution in [1.29, 1.82) is 0 Å². The van der Waals surface area contributed by atoms with Gasteiger partial charge in [-0.05, 0) is 34.6 Å². The van der Waals surface area contributed by atoms with E-state index < -0.39 is 0 Å². The lowest BCUT2D eigenvalue weighted by molar-refractivity contribution is 0.869. The second-order valence-electron chi connectivity index (χ2n) is 4.41. The average Bonchev–Trinajstić information content (AvgIpc) is 2.46. The van der Waals surface area contributed by atoms with Crippen LogP contribution >= 0.6 is 0 Å². The molecule has 0 spiro atoms. The van der Waals surface area contributed by atoms with Gasteiger partial charge in [0.2, 0.25) is 0 Å². The van der Waals surface area contributed by atoms with E-state index in [2.05, 4.69) is 57.2 Å². The van der Waals surface area contributed by atoms with Gasteiger partial charge in [-0.1, -0.05) is 57.2 Å². The maximum Gasteiger partial charge on any atom is -0.0152 e. The van der Waals surface area contributed by atoms with Crippen LogP contribution in [0.1, 0.15) is 37.8 Å². The van der Waals surface area contributed by atoms with E-state index in [1.165, 1.54) is 22.3 Å². The first kappa shape index (κ1) is 10.2. The highest BCUT2D eigenvalue weighted by Crippen LogP contribution is 2.29. The van der Waals surface area contributed by atoms with Crippen LogP contribution in [0.5, 0.6) is 0 Å². The number of hydrogen-bond acceptors (Lipinski definition) is 0. The molecule has 0 aliphatic heterocycles. The molecule has 0 unspecified atom stereocenters. The first-order valence-corrected chi connectivity index (χ1v) is 5.74. The molecule has 0 aromatic carbocycles. The Kier molecular flexibility index (Phi) is 2.77. The summed E-state index contributed by atoms with van der Waals surface area (Å²) in [5, 5.41) is 0. The van der Waals surface area contributed by atoms with Crippen molar-refractivity contribution < 1.29 is 0 Å². The summed E-state index contributed by atoms with van der Waals surface area (Å²) >= 11 is 0. The summed E-state index contributed by atoms with van der Waals surface area (Å²) in [4.78, 5) is 0. The fraction of sp³-hybridized carbons (Fsp3) is 0.333. The number of hydrogen-bond donors (Lipinski definition) is 0. The van der Waals surface area contributed by atoms with Crippen LogP contribution in [-0.2, 0) is 6.42 Å². The van der Waals surface area contributed by atoms with Crippen molar-refractivity contribution in [2.45, 2.75) is 33.1 Å². The van der Waals surface area contributed by atoms with Gasteiger partial charge in [0, 0.05) is 0 Å². The molecule has 0 radical (unpaired) electrons. The molecule has 0 saturated carbocycles. The van der Waals surface area contributed by atoms with E-state index in [4.69, 9.17) is 0 Å². The number of fused-ring (bicyclic) bond motifs is 1. The van der Waals surface area contributed by atoms with Gasteiger partial charge in [0.25, 0.3) is 0 Å². The van der Waals surface area contributed by atoms with Crippen molar-refractivity contribution in [2.75, 3.05) is 0 Å². The van der Waals surface area contributed by atoms with E-state index in [1.807, 2.05) is 0 Å². The largest absolute Gasteiger partial charge is 0.0614 e. The molecule has 15 heavy (non-hydrogen) atoms. The van der Waals surface area contributed by atoms with Crippen LogP contribution in [0.15, 0.2) is 36.4 Å². The topological polar surface area (TPSA) is 0 Å². The first-order chi connectivity index (χ1) is 7.22. The third-order valence-corrected chi connectivity index (χ3v) is 3.04. The zero-order valence-corrected chi connectivity index (χ0v) is 9.75. The molecular formula is C15H18. The summed E-state index contributed by atoms with van der Waals surface area (Å²) in [6.07, 6.45) is 1.12. The normalized spacial score (nSPS) is 11.2. The Morgan fingerprint density at radius 1 is 1.07 bits per heavy atom. The molecule has 2 aliphatic carbocycles. The van der Waals surface area contributed by atoms with Gasteiger partial charge in [-0.15, -0.1) is 0 Å². The molecular weight excluding hydrogens is 182 g/mol.